The number of rotatable bonds is 5. The fraction of sp³-hybridized carbons (Fsp3) is 0.318. The van der Waals surface area contributed by atoms with Crippen LogP contribution in [0.2, 0.25) is 0 Å². The Hall–Kier alpha value is -2.99. The zero-order valence-electron chi connectivity index (χ0n) is 16.2. The highest BCUT2D eigenvalue weighted by Gasteiger charge is 2.42. The predicted molar refractivity (Wildman–Crippen MR) is 106 cm³/mol. The maximum Gasteiger partial charge on any atom is 0.290 e. The Balaban J connectivity index is 1.93. The molecule has 0 spiro atoms. The van der Waals surface area contributed by atoms with Gasteiger partial charge >= 0.3 is 0 Å². The van der Waals surface area contributed by atoms with Crippen molar-refractivity contribution in [1.82, 2.24) is 9.88 Å². The molecule has 4 rings (SSSR count). The second-order valence-corrected chi connectivity index (χ2v) is 7.13. The van der Waals surface area contributed by atoms with Crippen molar-refractivity contribution in [2.75, 3.05) is 20.3 Å². The molecule has 1 atom stereocenters. The van der Waals surface area contributed by atoms with E-state index in [0.29, 0.717) is 36.1 Å². The normalized spacial score (nSPS) is 16.0. The Labute approximate surface area is 162 Å². The first-order chi connectivity index (χ1) is 13.5. The van der Waals surface area contributed by atoms with Gasteiger partial charge in [-0.25, -0.2) is 0 Å². The first kappa shape index (κ1) is 18.4. The monoisotopic (exact) mass is 378 g/mol. The minimum atomic E-state index is -0.482. The second-order valence-electron chi connectivity index (χ2n) is 7.13. The van der Waals surface area contributed by atoms with Gasteiger partial charge in [-0.3, -0.25) is 14.6 Å². The van der Waals surface area contributed by atoms with Crippen molar-refractivity contribution in [3.8, 4) is 0 Å². The Morgan fingerprint density at radius 3 is 2.57 bits per heavy atom. The Morgan fingerprint density at radius 2 is 1.86 bits per heavy atom. The molecule has 0 bridgehead atoms. The van der Waals surface area contributed by atoms with Crippen molar-refractivity contribution < 1.29 is 13.9 Å². The number of ether oxygens (including phenoxy) is 1. The van der Waals surface area contributed by atoms with Crippen LogP contribution in [0.5, 0.6) is 0 Å². The van der Waals surface area contributed by atoms with Gasteiger partial charge in [0.2, 0.25) is 5.76 Å². The van der Waals surface area contributed by atoms with Gasteiger partial charge in [-0.05, 0) is 61.2 Å². The molecule has 3 heterocycles. The van der Waals surface area contributed by atoms with Gasteiger partial charge in [0.1, 0.15) is 5.58 Å². The molecule has 0 radical (unpaired) electrons. The van der Waals surface area contributed by atoms with Crippen LogP contribution in [0.4, 0.5) is 0 Å². The number of amides is 1. The lowest BCUT2D eigenvalue weighted by Crippen LogP contribution is -2.31. The molecule has 3 aromatic rings. The molecule has 1 amide bonds. The zero-order valence-corrected chi connectivity index (χ0v) is 16.2. The molecule has 28 heavy (non-hydrogen) atoms. The van der Waals surface area contributed by atoms with E-state index in [2.05, 4.69) is 4.98 Å². The first-order valence-corrected chi connectivity index (χ1v) is 9.30. The summed E-state index contributed by atoms with van der Waals surface area (Å²) in [6.07, 6.45) is 4.01. The fourth-order valence-electron chi connectivity index (χ4n) is 3.78. The molecule has 1 unspecified atom stereocenters. The molecule has 6 heteroatoms. The van der Waals surface area contributed by atoms with Gasteiger partial charge in [-0.1, -0.05) is 0 Å². The topological polar surface area (TPSA) is 72.6 Å². The van der Waals surface area contributed by atoms with E-state index in [1.54, 1.807) is 24.4 Å². The second kappa shape index (κ2) is 7.20. The van der Waals surface area contributed by atoms with Gasteiger partial charge in [0.25, 0.3) is 5.91 Å². The van der Waals surface area contributed by atoms with Crippen LogP contribution in [0.25, 0.3) is 11.0 Å². The summed E-state index contributed by atoms with van der Waals surface area (Å²) in [7, 11) is 1.63. The number of pyridine rings is 1. The minimum absolute atomic E-state index is 0.139. The van der Waals surface area contributed by atoms with E-state index in [1.165, 1.54) is 0 Å². The molecule has 1 aliphatic rings. The number of aromatic nitrogens is 1. The number of aryl methyl sites for hydroxylation is 2. The molecule has 0 aliphatic carbocycles. The summed E-state index contributed by atoms with van der Waals surface area (Å²) in [5.41, 5.74) is 3.58. The number of nitrogens with zero attached hydrogens (tertiary/aromatic N) is 2. The number of benzene rings is 1. The SMILES string of the molecule is COCCCN1C(=O)c2oc3cc(C)c(C)cc3c(=O)c2C1c1ccncc1. The summed E-state index contributed by atoms with van der Waals surface area (Å²) < 4.78 is 11.1. The summed E-state index contributed by atoms with van der Waals surface area (Å²) in [5, 5.41) is 0.507. The summed E-state index contributed by atoms with van der Waals surface area (Å²) >= 11 is 0. The van der Waals surface area contributed by atoms with Crippen molar-refractivity contribution in [3.63, 3.8) is 0 Å². The maximum atomic E-state index is 13.4. The standard InChI is InChI=1S/C22H22N2O4/c1-13-11-16-17(12-14(13)2)28-21-18(20(16)25)19(15-5-7-23-8-6-15)24(22(21)26)9-4-10-27-3/h5-8,11-12,19H,4,9-10H2,1-3H3. The van der Waals surface area contributed by atoms with Crippen LogP contribution >= 0.6 is 0 Å². The number of fused-ring (bicyclic) bond motifs is 2. The van der Waals surface area contributed by atoms with Gasteiger partial charge in [0.05, 0.1) is 17.0 Å². The molecular weight excluding hydrogens is 356 g/mol. The van der Waals surface area contributed by atoms with Crippen LogP contribution in [0.1, 0.15) is 45.3 Å². The zero-order chi connectivity index (χ0) is 19.8. The van der Waals surface area contributed by atoms with Gasteiger partial charge < -0.3 is 14.1 Å². The van der Waals surface area contributed by atoms with E-state index in [1.807, 2.05) is 38.1 Å². The maximum absolute atomic E-state index is 13.4. The van der Waals surface area contributed by atoms with Crippen molar-refractivity contribution in [1.29, 1.82) is 0 Å². The van der Waals surface area contributed by atoms with E-state index in [0.717, 1.165) is 16.7 Å². The summed E-state index contributed by atoms with van der Waals surface area (Å²) in [4.78, 5) is 32.3. The van der Waals surface area contributed by atoms with Gasteiger partial charge in [-0.15, -0.1) is 0 Å². The van der Waals surface area contributed by atoms with Crippen LogP contribution < -0.4 is 5.43 Å². The average molecular weight is 378 g/mol. The smallest absolute Gasteiger partial charge is 0.290 e. The van der Waals surface area contributed by atoms with E-state index in [4.69, 9.17) is 9.15 Å². The highest BCUT2D eigenvalue weighted by atomic mass is 16.5. The quantitative estimate of drug-likeness (QED) is 0.637. The lowest BCUT2D eigenvalue weighted by atomic mass is 9.98. The Morgan fingerprint density at radius 1 is 1.14 bits per heavy atom. The molecule has 6 nitrogen and oxygen atoms in total. The molecule has 1 aliphatic heterocycles. The average Bonchev–Trinajstić information content (AvgIpc) is 2.97. The molecule has 0 saturated heterocycles. The number of hydrogen-bond acceptors (Lipinski definition) is 5. The van der Waals surface area contributed by atoms with Crippen LogP contribution in [0.3, 0.4) is 0 Å². The van der Waals surface area contributed by atoms with Crippen LogP contribution in [-0.4, -0.2) is 36.1 Å². The fourth-order valence-corrected chi connectivity index (χ4v) is 3.78. The number of carbonyl (C=O) groups excluding carboxylic acids is 1. The molecular formula is C22H22N2O4. The summed E-state index contributed by atoms with van der Waals surface area (Å²) in [6, 6.07) is 6.86. The van der Waals surface area contributed by atoms with Gasteiger partial charge in [0, 0.05) is 32.7 Å². The summed E-state index contributed by atoms with van der Waals surface area (Å²) in [5.74, 6) is -0.120. The van der Waals surface area contributed by atoms with E-state index in [9.17, 15) is 9.59 Å². The molecule has 1 aromatic carbocycles. The van der Waals surface area contributed by atoms with E-state index in [-0.39, 0.29) is 17.1 Å². The third-order valence-electron chi connectivity index (χ3n) is 5.35. The number of carbonyl (C=O) groups is 1. The molecule has 0 fully saturated rings. The Bertz CT molecular complexity index is 1100. The van der Waals surface area contributed by atoms with Crippen molar-refractivity contribution in [2.45, 2.75) is 26.3 Å². The predicted octanol–water partition coefficient (Wildman–Crippen LogP) is 3.39. The molecule has 2 aromatic heterocycles. The molecule has 144 valence electrons. The Kier molecular flexibility index (Phi) is 4.73. The lowest BCUT2D eigenvalue weighted by molar-refractivity contribution is 0.0708. The minimum Gasteiger partial charge on any atom is -0.450 e. The van der Waals surface area contributed by atoms with Crippen LogP contribution in [0, 0.1) is 13.8 Å². The molecule has 0 saturated carbocycles. The van der Waals surface area contributed by atoms with E-state index < -0.39 is 6.04 Å². The van der Waals surface area contributed by atoms with Crippen molar-refractivity contribution in [3.05, 3.63) is 74.9 Å². The van der Waals surface area contributed by atoms with Crippen molar-refractivity contribution >= 4 is 16.9 Å². The molecule has 0 N–H and O–H groups in total. The van der Waals surface area contributed by atoms with Crippen LogP contribution in [0.15, 0.2) is 45.9 Å². The van der Waals surface area contributed by atoms with Crippen molar-refractivity contribution in [2.24, 2.45) is 0 Å². The van der Waals surface area contributed by atoms with Gasteiger partial charge in [-0.2, -0.15) is 0 Å². The highest BCUT2D eigenvalue weighted by Crippen LogP contribution is 2.38. The summed E-state index contributed by atoms with van der Waals surface area (Å²) in [6.45, 7) is 4.92. The third-order valence-corrected chi connectivity index (χ3v) is 5.35. The van der Waals surface area contributed by atoms with Crippen LogP contribution in [-0.2, 0) is 4.74 Å². The first-order valence-electron chi connectivity index (χ1n) is 9.30. The largest absolute Gasteiger partial charge is 0.450 e. The number of hydrogen-bond donors (Lipinski definition) is 0. The third kappa shape index (κ3) is 2.90. The number of methoxy groups -OCH3 is 1. The van der Waals surface area contributed by atoms with E-state index >= 15 is 0 Å². The van der Waals surface area contributed by atoms with Gasteiger partial charge in [0.15, 0.2) is 5.43 Å². The lowest BCUT2D eigenvalue weighted by Gasteiger charge is -2.24. The highest BCUT2D eigenvalue weighted by molar-refractivity contribution is 5.99.